The molecule has 1 amide bonds. The largest absolute Gasteiger partial charge is 0.491 e. The van der Waals surface area contributed by atoms with Crippen LogP contribution in [0.5, 0.6) is 5.75 Å². The molecule has 1 saturated heterocycles. The minimum atomic E-state index is -0.770. The molecule has 4 bridgehead atoms. The Hall–Kier alpha value is -4.87. The van der Waals surface area contributed by atoms with E-state index in [1.165, 1.54) is 28.8 Å². The molecule has 10 nitrogen and oxygen atoms in total. The highest BCUT2D eigenvalue weighted by molar-refractivity contribution is 5.91. The molecule has 1 fully saturated rings. The van der Waals surface area contributed by atoms with Crippen molar-refractivity contribution in [2.75, 3.05) is 43.0 Å². The number of nitrogens with zero attached hydrogens (tertiary/aromatic N) is 6. The highest BCUT2D eigenvalue weighted by atomic mass is 19.1. The molecular formula is C32H33F2N7O3. The minimum absolute atomic E-state index is 0.0412. The van der Waals surface area contributed by atoms with E-state index < -0.39 is 17.3 Å². The van der Waals surface area contributed by atoms with Crippen LogP contribution < -0.4 is 20.6 Å². The lowest BCUT2D eigenvalue weighted by atomic mass is 10.1. The summed E-state index contributed by atoms with van der Waals surface area (Å²) in [6, 6.07) is 7.02. The van der Waals surface area contributed by atoms with Crippen LogP contribution in [0.1, 0.15) is 38.8 Å². The van der Waals surface area contributed by atoms with Crippen LogP contribution in [-0.4, -0.2) is 69.2 Å². The van der Waals surface area contributed by atoms with E-state index in [1.807, 2.05) is 25.7 Å². The summed E-state index contributed by atoms with van der Waals surface area (Å²) in [6.45, 7) is 11.3. The lowest BCUT2D eigenvalue weighted by molar-refractivity contribution is -0.126. The number of nitrogens with one attached hydrogen (secondary N) is 1. The molecule has 0 unspecified atom stereocenters. The number of halogens is 2. The zero-order chi connectivity index (χ0) is 31.1. The molecule has 6 rings (SSSR count). The van der Waals surface area contributed by atoms with Gasteiger partial charge in [0.15, 0.2) is 5.65 Å². The van der Waals surface area contributed by atoms with Crippen LogP contribution in [0, 0.1) is 11.6 Å². The summed E-state index contributed by atoms with van der Waals surface area (Å²) < 4.78 is 38.8. The molecule has 3 aromatic heterocycles. The standard InChI is InChI=1S/C32H33F2N7O3/c1-5-26(42)39-12-13-40(19(4)17-39)30-22-16-24(34)28-21-15-20(7-8-23(21)33)35-10-6-14-44-25-9-11-36-27(18(2)3)29(25)41(31(22)37-28)32(43)38-30/h5,7-9,11,15-16,18-19,35H,1,6,10,12-14,17H2,2-4H3/t19-/m0/s1. The summed E-state index contributed by atoms with van der Waals surface area (Å²) in [5.74, 6) is -1.11. The fraction of sp³-hybridized carbons (Fsp3) is 0.344. The van der Waals surface area contributed by atoms with Crippen molar-refractivity contribution in [3.05, 3.63) is 77.0 Å². The number of carbonyl (C=O) groups excluding carboxylic acids is 1. The first-order valence-corrected chi connectivity index (χ1v) is 14.6. The number of hydrogen-bond donors (Lipinski definition) is 1. The maximum absolute atomic E-state index is 16.1. The second kappa shape index (κ2) is 11.7. The molecule has 1 N–H and O–H groups in total. The van der Waals surface area contributed by atoms with Gasteiger partial charge in [0.2, 0.25) is 5.91 Å². The summed E-state index contributed by atoms with van der Waals surface area (Å²) in [7, 11) is 0. The predicted octanol–water partition coefficient (Wildman–Crippen LogP) is 4.66. The molecule has 12 heteroatoms. The van der Waals surface area contributed by atoms with Crippen molar-refractivity contribution in [1.29, 1.82) is 0 Å². The number of pyridine rings is 2. The number of amides is 1. The summed E-state index contributed by atoms with van der Waals surface area (Å²) in [5, 5.41) is 3.49. The summed E-state index contributed by atoms with van der Waals surface area (Å²) in [6.07, 6.45) is 3.48. The van der Waals surface area contributed by atoms with Gasteiger partial charge in [0.1, 0.15) is 34.6 Å². The van der Waals surface area contributed by atoms with Crippen molar-refractivity contribution in [3.8, 4) is 22.7 Å². The van der Waals surface area contributed by atoms with Crippen molar-refractivity contribution in [2.45, 2.75) is 39.2 Å². The first kappa shape index (κ1) is 29.2. The second-order valence-electron chi connectivity index (χ2n) is 11.3. The molecule has 0 spiro atoms. The van der Waals surface area contributed by atoms with E-state index in [1.54, 1.807) is 23.2 Å². The third-order valence-electron chi connectivity index (χ3n) is 8.00. The smallest absolute Gasteiger partial charge is 0.356 e. The van der Waals surface area contributed by atoms with Gasteiger partial charge < -0.3 is 19.9 Å². The van der Waals surface area contributed by atoms with Gasteiger partial charge in [-0.25, -0.2) is 23.1 Å². The molecule has 228 valence electrons. The van der Waals surface area contributed by atoms with Crippen LogP contribution in [0.3, 0.4) is 0 Å². The molecular weight excluding hydrogens is 568 g/mol. The van der Waals surface area contributed by atoms with E-state index >= 15 is 8.78 Å². The average molecular weight is 602 g/mol. The van der Waals surface area contributed by atoms with E-state index in [0.29, 0.717) is 62.0 Å². The number of rotatable bonds is 3. The van der Waals surface area contributed by atoms with Crippen molar-refractivity contribution in [1.82, 2.24) is 24.4 Å². The Morgan fingerprint density at radius 3 is 2.73 bits per heavy atom. The molecule has 5 heterocycles. The van der Waals surface area contributed by atoms with Gasteiger partial charge in [-0.2, -0.15) is 4.98 Å². The van der Waals surface area contributed by atoms with Gasteiger partial charge in [-0.3, -0.25) is 9.78 Å². The molecule has 4 aromatic rings. The maximum atomic E-state index is 16.1. The highest BCUT2D eigenvalue weighted by Crippen LogP contribution is 2.36. The van der Waals surface area contributed by atoms with Gasteiger partial charge in [0, 0.05) is 55.7 Å². The number of fused-ring (bicyclic) bond motifs is 6. The summed E-state index contributed by atoms with van der Waals surface area (Å²) >= 11 is 0. The Bertz CT molecular complexity index is 1840. The minimum Gasteiger partial charge on any atom is -0.491 e. The first-order chi connectivity index (χ1) is 21.2. The molecule has 0 aliphatic carbocycles. The third-order valence-corrected chi connectivity index (χ3v) is 8.00. The fourth-order valence-corrected chi connectivity index (χ4v) is 5.84. The molecule has 1 atom stereocenters. The summed E-state index contributed by atoms with van der Waals surface area (Å²) in [5.41, 5.74) is 0.653. The van der Waals surface area contributed by atoms with Crippen LogP contribution in [-0.2, 0) is 4.79 Å². The quantitative estimate of drug-likeness (QED) is 0.338. The molecule has 1 aromatic carbocycles. The Morgan fingerprint density at radius 1 is 1.16 bits per heavy atom. The SMILES string of the molecule is C=CC(=O)N1CCN(c2nc(=O)n3c4nc(c(F)cc24)-c2cc(ccc2F)NCCCOc2ccnc(C(C)C)c2-3)[C@@H](C)C1. The van der Waals surface area contributed by atoms with E-state index in [0.717, 1.165) is 0 Å². The molecule has 0 saturated carbocycles. The Kier molecular flexibility index (Phi) is 7.74. The van der Waals surface area contributed by atoms with Crippen LogP contribution in [0.4, 0.5) is 20.3 Å². The van der Waals surface area contributed by atoms with Crippen molar-refractivity contribution in [3.63, 3.8) is 0 Å². The molecule has 2 aliphatic rings. The van der Waals surface area contributed by atoms with Crippen LogP contribution in [0.25, 0.3) is 28.0 Å². The second-order valence-corrected chi connectivity index (χ2v) is 11.3. The third kappa shape index (κ3) is 5.14. The van der Waals surface area contributed by atoms with Crippen LogP contribution in [0.15, 0.2) is 54.0 Å². The van der Waals surface area contributed by atoms with Crippen LogP contribution >= 0.6 is 0 Å². The van der Waals surface area contributed by atoms with Gasteiger partial charge in [-0.05, 0) is 49.6 Å². The molecule has 2 aliphatic heterocycles. The predicted molar refractivity (Wildman–Crippen MR) is 165 cm³/mol. The average Bonchev–Trinajstić information content (AvgIpc) is 3.00. The summed E-state index contributed by atoms with van der Waals surface area (Å²) in [4.78, 5) is 43.7. The van der Waals surface area contributed by atoms with Gasteiger partial charge in [-0.1, -0.05) is 20.4 Å². The van der Waals surface area contributed by atoms with Gasteiger partial charge in [0.05, 0.1) is 17.7 Å². The van der Waals surface area contributed by atoms with Gasteiger partial charge in [0.25, 0.3) is 0 Å². The number of carbonyl (C=O) groups is 1. The number of benzene rings is 1. The molecule has 0 radical (unpaired) electrons. The number of hydrogen-bond acceptors (Lipinski definition) is 8. The van der Waals surface area contributed by atoms with Crippen molar-refractivity contribution < 1.29 is 18.3 Å². The Balaban J connectivity index is 1.67. The lowest BCUT2D eigenvalue weighted by Crippen LogP contribution is -2.54. The zero-order valence-corrected chi connectivity index (χ0v) is 24.8. The number of aromatic nitrogens is 4. The molecule has 44 heavy (non-hydrogen) atoms. The zero-order valence-electron chi connectivity index (χ0n) is 24.8. The highest BCUT2D eigenvalue weighted by Gasteiger charge is 2.31. The van der Waals surface area contributed by atoms with Crippen LogP contribution in [0.2, 0.25) is 0 Å². The van der Waals surface area contributed by atoms with Gasteiger partial charge >= 0.3 is 5.69 Å². The van der Waals surface area contributed by atoms with E-state index in [-0.39, 0.29) is 46.0 Å². The fourth-order valence-electron chi connectivity index (χ4n) is 5.84. The number of ether oxygens (including phenoxy) is 1. The van der Waals surface area contributed by atoms with Gasteiger partial charge in [-0.15, -0.1) is 0 Å². The maximum Gasteiger partial charge on any atom is 0.356 e. The lowest BCUT2D eigenvalue weighted by Gasteiger charge is -2.40. The number of anilines is 2. The monoisotopic (exact) mass is 601 g/mol. The van der Waals surface area contributed by atoms with E-state index in [9.17, 15) is 9.59 Å². The van der Waals surface area contributed by atoms with E-state index in [2.05, 4.69) is 26.8 Å². The Labute approximate surface area is 253 Å². The topological polar surface area (TPSA) is 105 Å². The number of piperazine rings is 1. The first-order valence-electron chi connectivity index (χ1n) is 14.6. The van der Waals surface area contributed by atoms with E-state index in [4.69, 9.17) is 4.74 Å². The van der Waals surface area contributed by atoms with Crippen molar-refractivity contribution in [2.24, 2.45) is 0 Å². The van der Waals surface area contributed by atoms with Crippen molar-refractivity contribution >= 4 is 28.4 Å². The Morgan fingerprint density at radius 2 is 1.98 bits per heavy atom. The normalized spacial score (nSPS) is 16.7.